The number of esters is 1. The lowest BCUT2D eigenvalue weighted by molar-refractivity contribution is -0.143. The van der Waals surface area contributed by atoms with Gasteiger partial charge in [-0.3, -0.25) is 4.79 Å². The number of hydrogen-bond acceptors (Lipinski definition) is 2. The summed E-state index contributed by atoms with van der Waals surface area (Å²) in [6, 6.07) is 0. The van der Waals surface area contributed by atoms with Gasteiger partial charge in [-0.1, -0.05) is 26.8 Å². The van der Waals surface area contributed by atoms with Crippen LogP contribution in [0.5, 0.6) is 0 Å². The zero-order valence-corrected chi connectivity index (χ0v) is 9.80. The fourth-order valence-corrected chi connectivity index (χ4v) is 1.20. The molecule has 0 aromatic rings. The van der Waals surface area contributed by atoms with E-state index in [-0.39, 0.29) is 11.4 Å². The molecule has 0 spiro atoms. The quantitative estimate of drug-likeness (QED) is 0.484. The molecule has 0 amide bonds. The molecule has 1 unspecified atom stereocenters. The molecule has 0 aliphatic heterocycles. The molecule has 0 saturated heterocycles. The van der Waals surface area contributed by atoms with E-state index in [9.17, 15) is 4.79 Å². The maximum atomic E-state index is 11.2. The highest BCUT2D eigenvalue weighted by Gasteiger charge is 2.24. The summed E-state index contributed by atoms with van der Waals surface area (Å²) in [6.07, 6.45) is 3.28. The number of carbonyl (C=O) groups is 1. The second-order valence-electron chi connectivity index (χ2n) is 4.32. The molecule has 0 heterocycles. The zero-order valence-electron chi connectivity index (χ0n) is 9.80. The first-order valence-electron chi connectivity index (χ1n) is 5.22. The lowest BCUT2D eigenvalue weighted by Crippen LogP contribution is -2.21. The Morgan fingerprint density at radius 2 is 2.14 bits per heavy atom. The van der Waals surface area contributed by atoms with Gasteiger partial charge in [0.1, 0.15) is 0 Å². The van der Waals surface area contributed by atoms with Crippen LogP contribution in [0.15, 0.2) is 12.7 Å². The van der Waals surface area contributed by atoms with E-state index in [1.165, 1.54) is 0 Å². The average Bonchev–Trinajstić information content (AvgIpc) is 2.14. The Kier molecular flexibility index (Phi) is 5.51. The van der Waals surface area contributed by atoms with Crippen LogP contribution < -0.4 is 0 Å². The number of ether oxygens (including phenoxy) is 1. The van der Waals surface area contributed by atoms with E-state index in [0.29, 0.717) is 18.9 Å². The summed E-state index contributed by atoms with van der Waals surface area (Å²) >= 11 is 0. The van der Waals surface area contributed by atoms with Crippen molar-refractivity contribution < 1.29 is 9.53 Å². The topological polar surface area (TPSA) is 26.3 Å². The van der Waals surface area contributed by atoms with Crippen LogP contribution in [0.4, 0.5) is 0 Å². The maximum absolute atomic E-state index is 11.2. The fraction of sp³-hybridized carbons (Fsp3) is 0.750. The van der Waals surface area contributed by atoms with Crippen LogP contribution in [0.25, 0.3) is 0 Å². The van der Waals surface area contributed by atoms with Crippen molar-refractivity contribution in [2.75, 3.05) is 6.61 Å². The third kappa shape index (κ3) is 4.45. The van der Waals surface area contributed by atoms with Gasteiger partial charge in [0.05, 0.1) is 6.61 Å². The third-order valence-corrected chi connectivity index (χ3v) is 2.86. The average molecular weight is 198 g/mol. The number of hydrogen-bond donors (Lipinski definition) is 0. The predicted octanol–water partition coefficient (Wildman–Crippen LogP) is 3.18. The smallest absolute Gasteiger partial charge is 0.305 e. The Morgan fingerprint density at radius 1 is 1.57 bits per heavy atom. The molecule has 0 aromatic heterocycles. The summed E-state index contributed by atoms with van der Waals surface area (Å²) in [5, 5.41) is 0. The van der Waals surface area contributed by atoms with E-state index < -0.39 is 0 Å². The minimum absolute atomic E-state index is 0.100. The molecule has 0 N–H and O–H groups in total. The summed E-state index contributed by atoms with van der Waals surface area (Å²) in [5.41, 5.74) is 0.120. The zero-order chi connectivity index (χ0) is 11.2. The molecular formula is C12H22O2. The van der Waals surface area contributed by atoms with Gasteiger partial charge in [0.2, 0.25) is 0 Å². The number of rotatable bonds is 6. The molecule has 0 radical (unpaired) electrons. The van der Waals surface area contributed by atoms with E-state index in [0.717, 1.165) is 6.42 Å². The van der Waals surface area contributed by atoms with Gasteiger partial charge in [-0.2, -0.15) is 0 Å². The van der Waals surface area contributed by atoms with E-state index in [2.05, 4.69) is 27.4 Å². The van der Waals surface area contributed by atoms with Crippen LogP contribution in [-0.2, 0) is 9.53 Å². The SMILES string of the molecule is C=CC(C)C(C)(C)CCC(=O)OCC. The van der Waals surface area contributed by atoms with Crippen LogP contribution in [0, 0.1) is 11.3 Å². The van der Waals surface area contributed by atoms with Gasteiger partial charge < -0.3 is 4.74 Å². The molecule has 0 rings (SSSR count). The fourth-order valence-electron chi connectivity index (χ4n) is 1.20. The second-order valence-corrected chi connectivity index (χ2v) is 4.32. The highest BCUT2D eigenvalue weighted by atomic mass is 16.5. The van der Waals surface area contributed by atoms with E-state index in [1.807, 2.05) is 13.0 Å². The van der Waals surface area contributed by atoms with E-state index in [1.54, 1.807) is 0 Å². The number of allylic oxidation sites excluding steroid dienone is 1. The second kappa shape index (κ2) is 5.84. The van der Waals surface area contributed by atoms with Gasteiger partial charge in [-0.25, -0.2) is 0 Å². The van der Waals surface area contributed by atoms with Crippen LogP contribution in [-0.4, -0.2) is 12.6 Å². The van der Waals surface area contributed by atoms with Gasteiger partial charge in [0.15, 0.2) is 0 Å². The van der Waals surface area contributed by atoms with Crippen molar-refractivity contribution >= 4 is 5.97 Å². The van der Waals surface area contributed by atoms with Crippen molar-refractivity contribution in [3.05, 3.63) is 12.7 Å². The highest BCUT2D eigenvalue weighted by Crippen LogP contribution is 2.32. The third-order valence-electron chi connectivity index (χ3n) is 2.86. The van der Waals surface area contributed by atoms with E-state index in [4.69, 9.17) is 4.74 Å². The first kappa shape index (κ1) is 13.2. The predicted molar refractivity (Wildman–Crippen MR) is 59.0 cm³/mol. The lowest BCUT2D eigenvalue weighted by Gasteiger charge is -2.29. The molecular weight excluding hydrogens is 176 g/mol. The molecule has 82 valence electrons. The van der Waals surface area contributed by atoms with Crippen molar-refractivity contribution in [3.63, 3.8) is 0 Å². The van der Waals surface area contributed by atoms with Crippen LogP contribution in [0.2, 0.25) is 0 Å². The standard InChI is InChI=1S/C12H22O2/c1-6-10(3)12(4,5)9-8-11(13)14-7-2/h6,10H,1,7-9H2,2-5H3. The number of carbonyl (C=O) groups excluding carboxylic acids is 1. The molecule has 0 saturated carbocycles. The van der Waals surface area contributed by atoms with Crippen molar-refractivity contribution in [1.29, 1.82) is 0 Å². The Hall–Kier alpha value is -0.790. The molecule has 2 nitrogen and oxygen atoms in total. The van der Waals surface area contributed by atoms with Crippen LogP contribution >= 0.6 is 0 Å². The van der Waals surface area contributed by atoms with Crippen molar-refractivity contribution in [3.8, 4) is 0 Å². The minimum Gasteiger partial charge on any atom is -0.466 e. The summed E-state index contributed by atoms with van der Waals surface area (Å²) in [7, 11) is 0. The highest BCUT2D eigenvalue weighted by molar-refractivity contribution is 5.69. The molecule has 2 heteroatoms. The molecule has 0 fully saturated rings. The monoisotopic (exact) mass is 198 g/mol. The summed E-state index contributed by atoms with van der Waals surface area (Å²) in [6.45, 7) is 12.5. The molecule has 0 bridgehead atoms. The normalized spacial score (nSPS) is 13.4. The molecule has 0 aliphatic rings. The molecule has 0 aliphatic carbocycles. The van der Waals surface area contributed by atoms with Crippen LogP contribution in [0.3, 0.4) is 0 Å². The summed E-state index contributed by atoms with van der Waals surface area (Å²) in [4.78, 5) is 11.2. The van der Waals surface area contributed by atoms with Gasteiger partial charge in [0.25, 0.3) is 0 Å². The molecule has 1 atom stereocenters. The Balaban J connectivity index is 3.98. The molecule has 14 heavy (non-hydrogen) atoms. The van der Waals surface area contributed by atoms with Crippen molar-refractivity contribution in [2.24, 2.45) is 11.3 Å². The first-order chi connectivity index (χ1) is 6.44. The van der Waals surface area contributed by atoms with Gasteiger partial charge in [-0.15, -0.1) is 6.58 Å². The van der Waals surface area contributed by atoms with E-state index >= 15 is 0 Å². The van der Waals surface area contributed by atoms with Gasteiger partial charge >= 0.3 is 5.97 Å². The minimum atomic E-state index is -0.100. The maximum Gasteiger partial charge on any atom is 0.305 e. The molecule has 0 aromatic carbocycles. The van der Waals surface area contributed by atoms with Crippen molar-refractivity contribution in [2.45, 2.75) is 40.5 Å². The van der Waals surface area contributed by atoms with Crippen LogP contribution in [0.1, 0.15) is 40.5 Å². The Morgan fingerprint density at radius 3 is 2.57 bits per heavy atom. The lowest BCUT2D eigenvalue weighted by atomic mass is 9.76. The van der Waals surface area contributed by atoms with Gasteiger partial charge in [-0.05, 0) is 24.7 Å². The largest absolute Gasteiger partial charge is 0.466 e. The summed E-state index contributed by atoms with van der Waals surface area (Å²) < 4.78 is 4.89. The Bertz CT molecular complexity index is 194. The van der Waals surface area contributed by atoms with Crippen molar-refractivity contribution in [1.82, 2.24) is 0 Å². The van der Waals surface area contributed by atoms with Gasteiger partial charge in [0, 0.05) is 6.42 Å². The first-order valence-corrected chi connectivity index (χ1v) is 5.22. The summed E-state index contributed by atoms with van der Waals surface area (Å²) in [5.74, 6) is 0.314. The Labute approximate surface area is 87.3 Å².